The van der Waals surface area contributed by atoms with Crippen LogP contribution in [0.5, 0.6) is 5.75 Å². The Morgan fingerprint density at radius 3 is 2.72 bits per heavy atom. The number of benzene rings is 2. The maximum absolute atomic E-state index is 12.8. The number of nitrogens with zero attached hydrogens (tertiary/aromatic N) is 2. The molecule has 1 amide bonds. The zero-order chi connectivity index (χ0) is 21.3. The Bertz CT molecular complexity index is 1090. The summed E-state index contributed by atoms with van der Waals surface area (Å²) in [4.78, 5) is 23.4. The van der Waals surface area contributed by atoms with Gasteiger partial charge in [0.05, 0.1) is 28.1 Å². The molecule has 2 aromatic rings. The van der Waals surface area contributed by atoms with Crippen molar-refractivity contribution in [1.82, 2.24) is 0 Å². The van der Waals surface area contributed by atoms with Gasteiger partial charge in [-0.25, -0.2) is 8.42 Å². The number of ether oxygens (including phenoxy) is 1. The van der Waals surface area contributed by atoms with Crippen molar-refractivity contribution in [3.8, 4) is 5.75 Å². The number of carbonyl (C=O) groups excluding carboxylic acids is 1. The van der Waals surface area contributed by atoms with Gasteiger partial charge < -0.3 is 10.1 Å². The molecule has 1 atom stereocenters. The number of hydrogen-bond donors (Lipinski definition) is 1. The lowest BCUT2D eigenvalue weighted by molar-refractivity contribution is -0.385. The molecular weight excluding hydrogens is 422 g/mol. The standard InChI is InChI=1S/C18H18ClN3O6S/c1-11-13(4-3-5-14(11)22(24)25)20-18(23)17-8-9-21(29(2,26)27)15-10-12(19)6-7-16(15)28-17/h3-7,10,17H,8-9H2,1-2H3,(H,20,23). The minimum Gasteiger partial charge on any atom is -0.478 e. The minimum absolute atomic E-state index is 0.0121. The summed E-state index contributed by atoms with van der Waals surface area (Å²) in [5.74, 6) is -0.335. The van der Waals surface area contributed by atoms with E-state index in [0.717, 1.165) is 10.6 Å². The highest BCUT2D eigenvalue weighted by molar-refractivity contribution is 7.92. The number of hydrogen-bond acceptors (Lipinski definition) is 6. The fraction of sp³-hybridized carbons (Fsp3) is 0.278. The molecule has 0 fully saturated rings. The molecule has 2 aromatic carbocycles. The van der Waals surface area contributed by atoms with Crippen molar-refractivity contribution in [3.05, 3.63) is 57.1 Å². The lowest BCUT2D eigenvalue weighted by Gasteiger charge is -2.21. The third-order valence-corrected chi connectivity index (χ3v) is 5.92. The van der Waals surface area contributed by atoms with Crippen molar-refractivity contribution in [2.45, 2.75) is 19.4 Å². The first-order valence-electron chi connectivity index (χ1n) is 8.56. The highest BCUT2D eigenvalue weighted by atomic mass is 35.5. The Hall–Kier alpha value is -2.85. The Labute approximate surface area is 172 Å². The van der Waals surface area contributed by atoms with E-state index in [0.29, 0.717) is 10.6 Å². The molecule has 1 heterocycles. The second kappa shape index (κ2) is 7.88. The number of sulfonamides is 1. The van der Waals surface area contributed by atoms with Crippen LogP contribution in [0.2, 0.25) is 5.02 Å². The summed E-state index contributed by atoms with van der Waals surface area (Å²) >= 11 is 6.00. The van der Waals surface area contributed by atoms with Gasteiger partial charge in [-0.2, -0.15) is 0 Å². The quantitative estimate of drug-likeness (QED) is 0.577. The average molecular weight is 440 g/mol. The molecule has 1 aliphatic rings. The molecule has 3 rings (SSSR count). The molecule has 29 heavy (non-hydrogen) atoms. The molecule has 9 nitrogen and oxygen atoms in total. The van der Waals surface area contributed by atoms with Crippen LogP contribution in [0.15, 0.2) is 36.4 Å². The predicted molar refractivity (Wildman–Crippen MR) is 109 cm³/mol. The number of rotatable bonds is 4. The number of nitrogens with one attached hydrogen (secondary N) is 1. The van der Waals surface area contributed by atoms with Gasteiger partial charge in [-0.3, -0.25) is 19.2 Å². The van der Waals surface area contributed by atoms with Crippen LogP contribution in [0.3, 0.4) is 0 Å². The van der Waals surface area contributed by atoms with Crippen molar-refractivity contribution in [2.24, 2.45) is 0 Å². The SMILES string of the molecule is Cc1c(NC(=O)C2CCN(S(C)(=O)=O)c3cc(Cl)ccc3O2)cccc1[N+](=O)[O-]. The first kappa shape index (κ1) is 20.9. The molecule has 0 spiro atoms. The van der Waals surface area contributed by atoms with Gasteiger partial charge in [0.25, 0.3) is 11.6 Å². The second-order valence-corrected chi connectivity index (χ2v) is 8.88. The summed E-state index contributed by atoms with van der Waals surface area (Å²) in [6.45, 7) is 1.54. The van der Waals surface area contributed by atoms with Crippen LogP contribution in [0.1, 0.15) is 12.0 Å². The van der Waals surface area contributed by atoms with Crippen LogP contribution in [-0.2, 0) is 14.8 Å². The van der Waals surface area contributed by atoms with Crippen LogP contribution in [0, 0.1) is 17.0 Å². The molecule has 0 saturated carbocycles. The summed E-state index contributed by atoms with van der Waals surface area (Å²) in [6.07, 6.45) is 0.143. The van der Waals surface area contributed by atoms with Crippen LogP contribution in [0.25, 0.3) is 0 Å². The van der Waals surface area contributed by atoms with Crippen LogP contribution in [0.4, 0.5) is 17.1 Å². The molecule has 1 N–H and O–H groups in total. The van der Waals surface area contributed by atoms with Gasteiger partial charge in [-0.15, -0.1) is 0 Å². The number of anilines is 2. The van der Waals surface area contributed by atoms with Crippen LogP contribution < -0.4 is 14.4 Å². The minimum atomic E-state index is -3.62. The van der Waals surface area contributed by atoms with Gasteiger partial charge in [-0.1, -0.05) is 17.7 Å². The Balaban J connectivity index is 1.90. The fourth-order valence-corrected chi connectivity index (χ4v) is 4.15. The summed E-state index contributed by atoms with van der Waals surface area (Å²) in [7, 11) is -3.62. The van der Waals surface area contributed by atoms with Crippen molar-refractivity contribution >= 4 is 44.6 Å². The van der Waals surface area contributed by atoms with Crippen molar-refractivity contribution in [2.75, 3.05) is 22.4 Å². The Kier molecular flexibility index (Phi) is 5.67. The first-order chi connectivity index (χ1) is 13.6. The van der Waals surface area contributed by atoms with Gasteiger partial charge in [0.1, 0.15) is 5.75 Å². The van der Waals surface area contributed by atoms with E-state index in [1.807, 2.05) is 0 Å². The highest BCUT2D eigenvalue weighted by Crippen LogP contribution is 2.36. The molecule has 0 aliphatic carbocycles. The molecule has 0 saturated heterocycles. The number of nitro groups is 1. The third-order valence-electron chi connectivity index (χ3n) is 4.51. The van der Waals surface area contributed by atoms with Crippen molar-refractivity contribution < 1.29 is 22.9 Å². The molecule has 0 bridgehead atoms. The smallest absolute Gasteiger partial charge is 0.274 e. The predicted octanol–water partition coefficient (Wildman–Crippen LogP) is 3.11. The largest absolute Gasteiger partial charge is 0.478 e. The van der Waals surface area contributed by atoms with E-state index in [1.54, 1.807) is 6.07 Å². The second-order valence-electron chi connectivity index (χ2n) is 6.54. The number of halogens is 1. The zero-order valence-corrected chi connectivity index (χ0v) is 17.2. The van der Waals surface area contributed by atoms with E-state index in [2.05, 4.69) is 5.32 Å². The monoisotopic (exact) mass is 439 g/mol. The van der Waals surface area contributed by atoms with Crippen LogP contribution >= 0.6 is 11.6 Å². The molecule has 1 aliphatic heterocycles. The summed E-state index contributed by atoms with van der Waals surface area (Å²) in [6, 6.07) is 8.86. The van der Waals surface area contributed by atoms with Gasteiger partial charge in [-0.05, 0) is 31.2 Å². The van der Waals surface area contributed by atoms with Crippen LogP contribution in [-0.4, -0.2) is 38.2 Å². The fourth-order valence-electron chi connectivity index (χ4n) is 3.05. The molecular formula is C18H18ClN3O6S. The van der Waals surface area contributed by atoms with E-state index in [-0.39, 0.29) is 35.8 Å². The Morgan fingerprint density at radius 2 is 2.07 bits per heavy atom. The molecule has 0 radical (unpaired) electrons. The average Bonchev–Trinajstić information content (AvgIpc) is 2.82. The van der Waals surface area contributed by atoms with E-state index >= 15 is 0 Å². The van der Waals surface area contributed by atoms with E-state index in [4.69, 9.17) is 16.3 Å². The highest BCUT2D eigenvalue weighted by Gasteiger charge is 2.32. The number of amides is 1. The third kappa shape index (κ3) is 4.43. The maximum Gasteiger partial charge on any atom is 0.274 e. The van der Waals surface area contributed by atoms with Crippen molar-refractivity contribution in [3.63, 3.8) is 0 Å². The van der Waals surface area contributed by atoms with Crippen molar-refractivity contribution in [1.29, 1.82) is 0 Å². The molecule has 1 unspecified atom stereocenters. The van der Waals surface area contributed by atoms with E-state index in [1.165, 1.54) is 37.3 Å². The maximum atomic E-state index is 12.8. The summed E-state index contributed by atoms with van der Waals surface area (Å²) in [5, 5.41) is 14.1. The summed E-state index contributed by atoms with van der Waals surface area (Å²) in [5.41, 5.74) is 0.729. The lowest BCUT2D eigenvalue weighted by Crippen LogP contribution is -2.36. The number of nitro benzene ring substituents is 1. The molecule has 154 valence electrons. The molecule has 0 aromatic heterocycles. The lowest BCUT2D eigenvalue weighted by atomic mass is 10.1. The van der Waals surface area contributed by atoms with E-state index < -0.39 is 27.0 Å². The topological polar surface area (TPSA) is 119 Å². The van der Waals surface area contributed by atoms with Gasteiger partial charge in [0.15, 0.2) is 6.10 Å². The summed E-state index contributed by atoms with van der Waals surface area (Å²) < 4.78 is 31.3. The molecule has 11 heteroatoms. The zero-order valence-electron chi connectivity index (χ0n) is 15.6. The van der Waals surface area contributed by atoms with Gasteiger partial charge in [0.2, 0.25) is 10.0 Å². The Morgan fingerprint density at radius 1 is 1.34 bits per heavy atom. The van der Waals surface area contributed by atoms with Gasteiger partial charge >= 0.3 is 0 Å². The number of fused-ring (bicyclic) bond motifs is 1. The normalized spacial score (nSPS) is 16.4. The van der Waals surface area contributed by atoms with E-state index in [9.17, 15) is 23.3 Å². The van der Waals surface area contributed by atoms with Gasteiger partial charge in [0, 0.05) is 24.1 Å². The number of carbonyl (C=O) groups is 1. The first-order valence-corrected chi connectivity index (χ1v) is 10.8.